The van der Waals surface area contributed by atoms with Gasteiger partial charge in [-0.25, -0.2) is 4.39 Å². The average Bonchev–Trinajstić information content (AvgIpc) is 2.62. The molecule has 0 aliphatic carbocycles. The summed E-state index contributed by atoms with van der Waals surface area (Å²) in [5, 5.41) is 5.97. The van der Waals surface area contributed by atoms with E-state index in [9.17, 15) is 9.18 Å². The van der Waals surface area contributed by atoms with Crippen molar-refractivity contribution >= 4 is 27.5 Å². The van der Waals surface area contributed by atoms with Crippen LogP contribution in [0.3, 0.4) is 0 Å². The van der Waals surface area contributed by atoms with Crippen molar-refractivity contribution in [3.63, 3.8) is 0 Å². The van der Waals surface area contributed by atoms with Gasteiger partial charge in [-0.2, -0.15) is 0 Å². The van der Waals surface area contributed by atoms with E-state index < -0.39 is 0 Å². The summed E-state index contributed by atoms with van der Waals surface area (Å²) >= 11 is 3.30. The molecule has 18 heavy (non-hydrogen) atoms. The van der Waals surface area contributed by atoms with Gasteiger partial charge in [-0.05, 0) is 53.5 Å². The van der Waals surface area contributed by atoms with Crippen molar-refractivity contribution < 1.29 is 9.18 Å². The number of anilines is 1. The van der Waals surface area contributed by atoms with Gasteiger partial charge in [0.15, 0.2) is 0 Å². The highest BCUT2D eigenvalue weighted by Crippen LogP contribution is 2.23. The summed E-state index contributed by atoms with van der Waals surface area (Å²) in [7, 11) is 0. The fourth-order valence-corrected chi connectivity index (χ4v) is 2.41. The normalized spacial score (nSPS) is 20.2. The van der Waals surface area contributed by atoms with E-state index in [0.717, 1.165) is 32.2 Å². The summed E-state index contributed by atoms with van der Waals surface area (Å²) in [6, 6.07) is 4.08. The maximum atomic E-state index is 13.1. The summed E-state index contributed by atoms with van der Waals surface area (Å²) in [6.45, 7) is 0.863. The molecule has 1 heterocycles. The number of carbonyl (C=O) groups is 1. The van der Waals surface area contributed by atoms with Gasteiger partial charge in [-0.3, -0.25) is 4.79 Å². The molecule has 1 aliphatic rings. The number of halogens is 2. The first-order chi connectivity index (χ1) is 8.66. The number of carbonyl (C=O) groups excluding carboxylic acids is 1. The van der Waals surface area contributed by atoms with E-state index in [-0.39, 0.29) is 17.8 Å². The summed E-state index contributed by atoms with van der Waals surface area (Å²) < 4.78 is 13.8. The Hall–Kier alpha value is -0.940. The summed E-state index contributed by atoms with van der Waals surface area (Å²) in [6.07, 6.45) is 4.14. The van der Waals surface area contributed by atoms with Crippen LogP contribution in [0.5, 0.6) is 0 Å². The van der Waals surface area contributed by atoms with Crippen molar-refractivity contribution in [3.05, 3.63) is 28.5 Å². The molecule has 1 atom stereocenters. The Kier molecular flexibility index (Phi) is 4.72. The van der Waals surface area contributed by atoms with Crippen molar-refractivity contribution in [2.24, 2.45) is 0 Å². The second-order valence-corrected chi connectivity index (χ2v) is 5.32. The van der Waals surface area contributed by atoms with Crippen molar-refractivity contribution in [1.82, 2.24) is 5.32 Å². The molecule has 1 amide bonds. The number of benzene rings is 1. The lowest BCUT2D eigenvalue weighted by atomic mass is 10.1. The topological polar surface area (TPSA) is 41.1 Å². The first-order valence-corrected chi connectivity index (χ1v) is 6.95. The highest BCUT2D eigenvalue weighted by Gasteiger charge is 2.20. The molecule has 0 bridgehead atoms. The fraction of sp³-hybridized carbons (Fsp3) is 0.462. The van der Waals surface area contributed by atoms with Crippen molar-refractivity contribution in [3.8, 4) is 0 Å². The number of rotatable bonds is 2. The van der Waals surface area contributed by atoms with Gasteiger partial charge in [0.25, 0.3) is 0 Å². The van der Waals surface area contributed by atoms with Crippen LogP contribution in [0.1, 0.15) is 25.7 Å². The van der Waals surface area contributed by atoms with Crippen LogP contribution in [-0.4, -0.2) is 18.5 Å². The van der Waals surface area contributed by atoms with Gasteiger partial charge in [0.2, 0.25) is 5.91 Å². The van der Waals surface area contributed by atoms with Gasteiger partial charge in [-0.1, -0.05) is 12.8 Å². The number of hydrogen-bond donors (Lipinski definition) is 2. The largest absolute Gasteiger partial charge is 0.324 e. The second-order valence-electron chi connectivity index (χ2n) is 4.47. The third-order valence-electron chi connectivity index (χ3n) is 3.06. The zero-order chi connectivity index (χ0) is 13.0. The van der Waals surface area contributed by atoms with Crippen LogP contribution >= 0.6 is 15.9 Å². The fourth-order valence-electron chi connectivity index (χ4n) is 2.07. The van der Waals surface area contributed by atoms with E-state index in [2.05, 4.69) is 26.6 Å². The van der Waals surface area contributed by atoms with Gasteiger partial charge >= 0.3 is 0 Å². The van der Waals surface area contributed by atoms with Crippen molar-refractivity contribution in [2.75, 3.05) is 11.9 Å². The molecule has 1 aromatic rings. The molecule has 1 saturated heterocycles. The molecule has 2 N–H and O–H groups in total. The summed E-state index contributed by atoms with van der Waals surface area (Å²) in [5.41, 5.74) is 0.478. The predicted molar refractivity (Wildman–Crippen MR) is 73.0 cm³/mol. The number of nitrogens with one attached hydrogen (secondary N) is 2. The Morgan fingerprint density at radius 3 is 3.06 bits per heavy atom. The summed E-state index contributed by atoms with van der Waals surface area (Å²) in [5.74, 6) is -0.453. The highest BCUT2D eigenvalue weighted by molar-refractivity contribution is 9.10. The first-order valence-electron chi connectivity index (χ1n) is 6.16. The van der Waals surface area contributed by atoms with Crippen LogP contribution in [-0.2, 0) is 4.79 Å². The minimum atomic E-state index is -0.359. The molecular formula is C13H16BrFN2O. The van der Waals surface area contributed by atoms with Crippen LogP contribution in [0.4, 0.5) is 10.1 Å². The molecule has 2 rings (SSSR count). The molecule has 0 saturated carbocycles. The standard InChI is InChI=1S/C13H16BrFN2O/c14-10-6-5-9(15)8-12(10)17-13(18)11-4-2-1-3-7-16-11/h5-6,8,11,16H,1-4,7H2,(H,17,18). The Labute approximate surface area is 114 Å². The van der Waals surface area contributed by atoms with E-state index in [4.69, 9.17) is 0 Å². The van der Waals surface area contributed by atoms with E-state index in [1.807, 2.05) is 0 Å². The van der Waals surface area contributed by atoms with Gasteiger partial charge in [0.1, 0.15) is 5.82 Å². The lowest BCUT2D eigenvalue weighted by Crippen LogP contribution is -2.39. The molecule has 1 aromatic carbocycles. The Bertz CT molecular complexity index is 431. The van der Waals surface area contributed by atoms with E-state index in [1.54, 1.807) is 6.07 Å². The van der Waals surface area contributed by atoms with E-state index >= 15 is 0 Å². The molecule has 0 radical (unpaired) electrons. The van der Waals surface area contributed by atoms with Crippen LogP contribution in [0.15, 0.2) is 22.7 Å². The smallest absolute Gasteiger partial charge is 0.241 e. The van der Waals surface area contributed by atoms with E-state index in [1.165, 1.54) is 12.1 Å². The minimum absolute atomic E-state index is 0.0943. The van der Waals surface area contributed by atoms with Gasteiger partial charge < -0.3 is 10.6 Å². The maximum Gasteiger partial charge on any atom is 0.241 e. The maximum absolute atomic E-state index is 13.1. The third kappa shape index (κ3) is 3.53. The SMILES string of the molecule is O=C(Nc1cc(F)ccc1Br)C1CCCCCN1. The number of amides is 1. The molecule has 1 aliphatic heterocycles. The Morgan fingerprint density at radius 1 is 1.39 bits per heavy atom. The zero-order valence-electron chi connectivity index (χ0n) is 10.0. The second kappa shape index (κ2) is 6.29. The third-order valence-corrected chi connectivity index (χ3v) is 3.75. The van der Waals surface area contributed by atoms with Crippen LogP contribution < -0.4 is 10.6 Å². The van der Waals surface area contributed by atoms with Gasteiger partial charge in [-0.15, -0.1) is 0 Å². The summed E-state index contributed by atoms with van der Waals surface area (Å²) in [4.78, 5) is 12.1. The molecular weight excluding hydrogens is 299 g/mol. The highest BCUT2D eigenvalue weighted by atomic mass is 79.9. The quantitative estimate of drug-likeness (QED) is 0.881. The number of hydrogen-bond acceptors (Lipinski definition) is 2. The molecule has 98 valence electrons. The predicted octanol–water partition coefficient (Wildman–Crippen LogP) is 3.06. The van der Waals surface area contributed by atoms with Crippen LogP contribution in [0.2, 0.25) is 0 Å². The van der Waals surface area contributed by atoms with E-state index in [0.29, 0.717) is 10.2 Å². The zero-order valence-corrected chi connectivity index (χ0v) is 11.6. The Morgan fingerprint density at radius 2 is 2.22 bits per heavy atom. The molecule has 1 unspecified atom stereocenters. The Balaban J connectivity index is 2.03. The van der Waals surface area contributed by atoms with Crippen LogP contribution in [0.25, 0.3) is 0 Å². The van der Waals surface area contributed by atoms with Crippen LogP contribution in [0, 0.1) is 5.82 Å². The average molecular weight is 315 g/mol. The minimum Gasteiger partial charge on any atom is -0.324 e. The van der Waals surface area contributed by atoms with Gasteiger partial charge in [0.05, 0.1) is 11.7 Å². The molecule has 1 fully saturated rings. The molecule has 5 heteroatoms. The van der Waals surface area contributed by atoms with Gasteiger partial charge in [0, 0.05) is 4.47 Å². The molecule has 0 spiro atoms. The lowest BCUT2D eigenvalue weighted by Gasteiger charge is -2.16. The monoisotopic (exact) mass is 314 g/mol. The molecule has 3 nitrogen and oxygen atoms in total. The van der Waals surface area contributed by atoms with Crippen molar-refractivity contribution in [1.29, 1.82) is 0 Å². The molecule has 0 aromatic heterocycles. The van der Waals surface area contributed by atoms with Crippen molar-refractivity contribution in [2.45, 2.75) is 31.7 Å². The first kappa shape index (κ1) is 13.5. The lowest BCUT2D eigenvalue weighted by molar-refractivity contribution is -0.118.